The smallest absolute Gasteiger partial charge is 0.251 e. The van der Waals surface area contributed by atoms with E-state index in [0.717, 1.165) is 68.8 Å². The van der Waals surface area contributed by atoms with Crippen molar-refractivity contribution in [1.29, 1.82) is 0 Å². The Morgan fingerprint density at radius 3 is 2.74 bits per heavy atom. The molecule has 0 saturated carbocycles. The molecule has 0 radical (unpaired) electrons. The van der Waals surface area contributed by atoms with E-state index in [1.54, 1.807) is 0 Å². The van der Waals surface area contributed by atoms with Gasteiger partial charge in [-0.05, 0) is 43.4 Å². The Morgan fingerprint density at radius 2 is 2.07 bits per heavy atom. The number of aryl methyl sites for hydroxylation is 1. The second-order valence-corrected chi connectivity index (χ2v) is 7.94. The first kappa shape index (κ1) is 20.1. The number of guanidine groups is 1. The molecule has 2 heterocycles. The average molecular weight is 437 g/mol. The third-order valence-corrected chi connectivity index (χ3v) is 5.62. The third kappa shape index (κ3) is 5.69. The molecule has 1 aromatic carbocycles. The summed E-state index contributed by atoms with van der Waals surface area (Å²) in [6.07, 6.45) is 3.72. The van der Waals surface area contributed by atoms with Crippen molar-refractivity contribution in [3.63, 3.8) is 0 Å². The van der Waals surface area contributed by atoms with Crippen molar-refractivity contribution in [2.24, 2.45) is 4.99 Å². The van der Waals surface area contributed by atoms with E-state index < -0.39 is 0 Å². The first-order valence-electron chi connectivity index (χ1n) is 9.78. The van der Waals surface area contributed by atoms with Crippen molar-refractivity contribution in [2.75, 3.05) is 46.4 Å². The van der Waals surface area contributed by atoms with E-state index in [2.05, 4.69) is 49.3 Å². The predicted molar refractivity (Wildman–Crippen MR) is 111 cm³/mol. The van der Waals surface area contributed by atoms with Crippen LogP contribution in [0, 0.1) is 0 Å². The van der Waals surface area contributed by atoms with Gasteiger partial charge >= 0.3 is 0 Å². The number of ether oxygens (including phenoxy) is 1. The quantitative estimate of drug-likeness (QED) is 0.436. The minimum Gasteiger partial charge on any atom is -0.368 e. The SMILES string of the molecule is CN=C(NCCCc1cccc(Br)c1)N1CCN(C(=O)C2CCCO2)CC1. The molecular formula is C20H29BrN4O2. The second-order valence-electron chi connectivity index (χ2n) is 7.02. The van der Waals surface area contributed by atoms with Crippen LogP contribution in [-0.2, 0) is 16.0 Å². The Bertz CT molecular complexity index is 653. The van der Waals surface area contributed by atoms with Crippen LogP contribution < -0.4 is 5.32 Å². The molecule has 1 aromatic rings. The molecule has 2 fully saturated rings. The fraction of sp³-hybridized carbons (Fsp3) is 0.600. The van der Waals surface area contributed by atoms with E-state index in [4.69, 9.17) is 4.74 Å². The molecule has 2 aliphatic rings. The summed E-state index contributed by atoms with van der Waals surface area (Å²) in [5.41, 5.74) is 1.34. The number of aliphatic imine (C=N–C) groups is 1. The highest BCUT2D eigenvalue weighted by molar-refractivity contribution is 9.10. The summed E-state index contributed by atoms with van der Waals surface area (Å²) < 4.78 is 6.65. The zero-order chi connectivity index (χ0) is 19.1. The summed E-state index contributed by atoms with van der Waals surface area (Å²) in [4.78, 5) is 21.0. The van der Waals surface area contributed by atoms with Crippen LogP contribution in [0.15, 0.2) is 33.7 Å². The van der Waals surface area contributed by atoms with Crippen LogP contribution in [0.25, 0.3) is 0 Å². The molecule has 7 heteroatoms. The van der Waals surface area contributed by atoms with Crippen LogP contribution in [0.5, 0.6) is 0 Å². The van der Waals surface area contributed by atoms with Gasteiger partial charge in [0.25, 0.3) is 5.91 Å². The summed E-state index contributed by atoms with van der Waals surface area (Å²) in [7, 11) is 1.82. The van der Waals surface area contributed by atoms with Gasteiger partial charge in [-0.1, -0.05) is 28.1 Å². The minimum atomic E-state index is -0.216. The Morgan fingerprint density at radius 1 is 1.30 bits per heavy atom. The number of amides is 1. The van der Waals surface area contributed by atoms with Crippen LogP contribution in [0.2, 0.25) is 0 Å². The van der Waals surface area contributed by atoms with E-state index in [1.165, 1.54) is 5.56 Å². The normalized spacial score (nSPS) is 20.8. The number of hydrogen-bond acceptors (Lipinski definition) is 3. The van der Waals surface area contributed by atoms with Crippen LogP contribution in [0.4, 0.5) is 0 Å². The van der Waals surface area contributed by atoms with Crippen molar-refractivity contribution >= 4 is 27.8 Å². The molecule has 148 valence electrons. The van der Waals surface area contributed by atoms with Crippen LogP contribution >= 0.6 is 15.9 Å². The molecular weight excluding hydrogens is 408 g/mol. The van der Waals surface area contributed by atoms with Crippen LogP contribution in [0.3, 0.4) is 0 Å². The number of halogens is 1. The summed E-state index contributed by atoms with van der Waals surface area (Å²) in [5, 5.41) is 3.46. The largest absolute Gasteiger partial charge is 0.368 e. The van der Waals surface area contributed by atoms with E-state index in [0.29, 0.717) is 6.61 Å². The lowest BCUT2D eigenvalue weighted by molar-refractivity contribution is -0.142. The number of nitrogens with one attached hydrogen (secondary N) is 1. The van der Waals surface area contributed by atoms with Gasteiger partial charge in [0, 0.05) is 50.9 Å². The molecule has 0 aromatic heterocycles. The van der Waals surface area contributed by atoms with Crippen molar-refractivity contribution in [2.45, 2.75) is 31.8 Å². The molecule has 1 N–H and O–H groups in total. The summed E-state index contributed by atoms with van der Waals surface area (Å²) in [6.45, 7) is 4.68. The molecule has 2 saturated heterocycles. The average Bonchev–Trinajstić information content (AvgIpc) is 3.23. The minimum absolute atomic E-state index is 0.157. The molecule has 6 nitrogen and oxygen atoms in total. The first-order chi connectivity index (χ1) is 13.2. The van der Waals surface area contributed by atoms with Gasteiger partial charge in [0.2, 0.25) is 0 Å². The van der Waals surface area contributed by atoms with Gasteiger partial charge < -0.3 is 19.9 Å². The number of benzene rings is 1. The van der Waals surface area contributed by atoms with Gasteiger partial charge in [0.15, 0.2) is 5.96 Å². The molecule has 2 aliphatic heterocycles. The highest BCUT2D eigenvalue weighted by Gasteiger charge is 2.30. The zero-order valence-corrected chi connectivity index (χ0v) is 17.6. The van der Waals surface area contributed by atoms with E-state index >= 15 is 0 Å². The van der Waals surface area contributed by atoms with Crippen molar-refractivity contribution in [3.05, 3.63) is 34.3 Å². The summed E-state index contributed by atoms with van der Waals surface area (Å²) in [6, 6.07) is 8.44. The summed E-state index contributed by atoms with van der Waals surface area (Å²) in [5.74, 6) is 1.08. The Hall–Kier alpha value is -1.60. The van der Waals surface area contributed by atoms with Gasteiger partial charge in [-0.3, -0.25) is 9.79 Å². The Kier molecular flexibility index (Phi) is 7.52. The fourth-order valence-corrected chi connectivity index (χ4v) is 4.08. The molecule has 1 atom stereocenters. The number of hydrogen-bond donors (Lipinski definition) is 1. The number of nitrogens with zero attached hydrogens (tertiary/aromatic N) is 3. The second kappa shape index (κ2) is 10.1. The Labute approximate surface area is 170 Å². The topological polar surface area (TPSA) is 57.2 Å². The third-order valence-electron chi connectivity index (χ3n) is 5.12. The maximum atomic E-state index is 12.4. The number of rotatable bonds is 5. The molecule has 0 aliphatic carbocycles. The molecule has 0 spiro atoms. The standard InChI is InChI=1S/C20H29BrN4O2/c1-22-20(23-9-3-6-16-5-2-7-17(21)15-16)25-12-10-24(11-13-25)19(26)18-8-4-14-27-18/h2,5,7,15,18H,3-4,6,8-14H2,1H3,(H,22,23). The zero-order valence-electron chi connectivity index (χ0n) is 16.0. The van der Waals surface area contributed by atoms with Gasteiger partial charge in [0.1, 0.15) is 6.10 Å². The van der Waals surface area contributed by atoms with Crippen molar-refractivity contribution < 1.29 is 9.53 Å². The first-order valence-corrected chi connectivity index (χ1v) is 10.6. The highest BCUT2D eigenvalue weighted by Crippen LogP contribution is 2.16. The lowest BCUT2D eigenvalue weighted by Gasteiger charge is -2.37. The highest BCUT2D eigenvalue weighted by atomic mass is 79.9. The van der Waals surface area contributed by atoms with E-state index in [9.17, 15) is 4.79 Å². The van der Waals surface area contributed by atoms with Crippen LogP contribution in [0.1, 0.15) is 24.8 Å². The van der Waals surface area contributed by atoms with Gasteiger partial charge in [0.05, 0.1) is 0 Å². The number of carbonyl (C=O) groups is 1. The van der Waals surface area contributed by atoms with Gasteiger partial charge in [-0.15, -0.1) is 0 Å². The number of piperazine rings is 1. The molecule has 1 amide bonds. The van der Waals surface area contributed by atoms with Gasteiger partial charge in [-0.2, -0.15) is 0 Å². The molecule has 1 unspecified atom stereocenters. The number of carbonyl (C=O) groups excluding carboxylic acids is 1. The van der Waals surface area contributed by atoms with Gasteiger partial charge in [-0.25, -0.2) is 0 Å². The van der Waals surface area contributed by atoms with Crippen molar-refractivity contribution in [1.82, 2.24) is 15.1 Å². The fourth-order valence-electron chi connectivity index (χ4n) is 3.63. The molecule has 0 bridgehead atoms. The molecule has 27 heavy (non-hydrogen) atoms. The maximum Gasteiger partial charge on any atom is 0.251 e. The molecule has 3 rings (SSSR count). The van der Waals surface area contributed by atoms with Crippen molar-refractivity contribution in [3.8, 4) is 0 Å². The van der Waals surface area contributed by atoms with E-state index in [1.807, 2.05) is 18.0 Å². The van der Waals surface area contributed by atoms with E-state index in [-0.39, 0.29) is 12.0 Å². The predicted octanol–water partition coefficient (Wildman–Crippen LogP) is 2.28. The lowest BCUT2D eigenvalue weighted by atomic mass is 10.1. The Balaban J connectivity index is 1.39. The van der Waals surface area contributed by atoms with Crippen LogP contribution in [-0.4, -0.2) is 74.1 Å². The lowest BCUT2D eigenvalue weighted by Crippen LogP contribution is -2.55. The monoisotopic (exact) mass is 436 g/mol. The maximum absolute atomic E-state index is 12.4. The summed E-state index contributed by atoms with van der Waals surface area (Å²) >= 11 is 3.52.